The zero-order valence-corrected chi connectivity index (χ0v) is 10.9. The van der Waals surface area contributed by atoms with Crippen molar-refractivity contribution in [2.45, 2.75) is 12.6 Å². The first-order chi connectivity index (χ1) is 8.96. The molecule has 0 radical (unpaired) electrons. The minimum Gasteiger partial charge on any atom is -0.497 e. The fraction of sp³-hybridized carbons (Fsp3) is 0.385. The van der Waals surface area contributed by atoms with Gasteiger partial charge in [0.2, 0.25) is 0 Å². The van der Waals surface area contributed by atoms with E-state index in [1.807, 2.05) is 0 Å². The van der Waals surface area contributed by atoms with Crippen molar-refractivity contribution in [3.8, 4) is 23.3 Å². The lowest BCUT2D eigenvalue weighted by Crippen LogP contribution is -2.13. The number of hydrogen-bond acceptors (Lipinski definition) is 2. The largest absolute Gasteiger partial charge is 0.497 e. The zero-order valence-electron chi connectivity index (χ0n) is 10.2. The highest BCUT2D eigenvalue weighted by Crippen LogP contribution is 2.25. The second-order valence-corrected chi connectivity index (χ2v) is 3.78. The third-order valence-electron chi connectivity index (χ3n) is 2.12. The maximum absolute atomic E-state index is 12.0. The third kappa shape index (κ3) is 5.75. The minimum atomic E-state index is -4.24. The molecule has 0 saturated carbocycles. The summed E-state index contributed by atoms with van der Waals surface area (Å²) in [4.78, 5) is 0. The van der Waals surface area contributed by atoms with Gasteiger partial charge in [0, 0.05) is 0 Å². The lowest BCUT2D eigenvalue weighted by Gasteiger charge is -2.11. The summed E-state index contributed by atoms with van der Waals surface area (Å²) in [5, 5.41) is 0. The van der Waals surface area contributed by atoms with Crippen LogP contribution in [0.3, 0.4) is 0 Å². The average molecular weight is 293 g/mol. The Morgan fingerprint density at radius 2 is 2.05 bits per heavy atom. The van der Waals surface area contributed by atoms with Crippen LogP contribution in [0.15, 0.2) is 18.2 Å². The van der Waals surface area contributed by atoms with Crippen LogP contribution >= 0.6 is 11.6 Å². The van der Waals surface area contributed by atoms with E-state index in [1.165, 1.54) is 13.2 Å². The topological polar surface area (TPSA) is 18.5 Å². The van der Waals surface area contributed by atoms with Crippen LogP contribution in [-0.2, 0) is 0 Å². The molecule has 1 aromatic rings. The van der Waals surface area contributed by atoms with Crippen molar-refractivity contribution in [3.63, 3.8) is 0 Å². The number of halogens is 4. The summed E-state index contributed by atoms with van der Waals surface area (Å²) in [5.41, 5.74) is 0.446. The highest BCUT2D eigenvalue weighted by atomic mass is 35.5. The first-order valence-corrected chi connectivity index (χ1v) is 5.92. The SMILES string of the molecule is COc1ccc(OCCC(F)(F)F)c(C#CCCl)c1. The molecule has 0 bridgehead atoms. The van der Waals surface area contributed by atoms with Crippen molar-refractivity contribution in [1.82, 2.24) is 0 Å². The van der Waals surface area contributed by atoms with Gasteiger partial charge in [-0.3, -0.25) is 0 Å². The predicted molar refractivity (Wildman–Crippen MR) is 66.8 cm³/mol. The molecule has 0 aliphatic carbocycles. The van der Waals surface area contributed by atoms with Crippen LogP contribution in [0.25, 0.3) is 0 Å². The van der Waals surface area contributed by atoms with Gasteiger partial charge in [0.15, 0.2) is 0 Å². The van der Waals surface area contributed by atoms with E-state index in [0.29, 0.717) is 11.3 Å². The lowest BCUT2D eigenvalue weighted by atomic mass is 10.2. The smallest absolute Gasteiger partial charge is 0.392 e. The van der Waals surface area contributed by atoms with Gasteiger partial charge in [-0.1, -0.05) is 11.8 Å². The molecule has 0 atom stereocenters. The van der Waals surface area contributed by atoms with Crippen LogP contribution in [0.5, 0.6) is 11.5 Å². The average Bonchev–Trinajstić information content (AvgIpc) is 2.35. The molecule has 104 valence electrons. The highest BCUT2D eigenvalue weighted by Gasteiger charge is 2.26. The first kappa shape index (κ1) is 15.5. The van der Waals surface area contributed by atoms with Crippen molar-refractivity contribution >= 4 is 11.6 Å². The Kier molecular flexibility index (Phi) is 5.84. The summed E-state index contributed by atoms with van der Waals surface area (Å²) in [6.45, 7) is -0.453. The van der Waals surface area contributed by atoms with Gasteiger partial charge in [-0.05, 0) is 18.2 Å². The van der Waals surface area contributed by atoms with Crippen LogP contribution in [0.2, 0.25) is 0 Å². The highest BCUT2D eigenvalue weighted by molar-refractivity contribution is 6.19. The van der Waals surface area contributed by atoms with Gasteiger partial charge in [0.1, 0.15) is 11.5 Å². The summed E-state index contributed by atoms with van der Waals surface area (Å²) in [5.74, 6) is 6.29. The van der Waals surface area contributed by atoms with E-state index in [9.17, 15) is 13.2 Å². The van der Waals surface area contributed by atoms with Crippen LogP contribution in [-0.4, -0.2) is 25.8 Å². The van der Waals surface area contributed by atoms with E-state index in [4.69, 9.17) is 21.1 Å². The Labute approximate surface area is 114 Å². The summed E-state index contributed by atoms with van der Waals surface area (Å²) in [7, 11) is 1.48. The van der Waals surface area contributed by atoms with E-state index in [2.05, 4.69) is 11.8 Å². The maximum Gasteiger partial charge on any atom is 0.392 e. The number of rotatable bonds is 4. The van der Waals surface area contributed by atoms with Crippen LogP contribution in [0.4, 0.5) is 13.2 Å². The summed E-state index contributed by atoms with van der Waals surface area (Å²) in [6, 6.07) is 4.70. The summed E-state index contributed by atoms with van der Waals surface area (Å²) in [6.07, 6.45) is -5.25. The third-order valence-corrected chi connectivity index (χ3v) is 2.25. The molecular formula is C13H12ClF3O2. The van der Waals surface area contributed by atoms with Crippen molar-refractivity contribution < 1.29 is 22.6 Å². The van der Waals surface area contributed by atoms with E-state index in [0.717, 1.165) is 0 Å². The normalized spacial score (nSPS) is 10.6. The Morgan fingerprint density at radius 3 is 2.63 bits per heavy atom. The molecule has 0 fully saturated rings. The summed E-state index contributed by atoms with van der Waals surface area (Å²) < 4.78 is 46.2. The molecule has 0 heterocycles. The molecule has 1 aromatic carbocycles. The Morgan fingerprint density at radius 1 is 1.32 bits per heavy atom. The van der Waals surface area contributed by atoms with Crippen LogP contribution < -0.4 is 9.47 Å². The second kappa shape index (κ2) is 7.15. The number of benzene rings is 1. The minimum absolute atomic E-state index is 0.124. The van der Waals surface area contributed by atoms with Crippen molar-refractivity contribution in [3.05, 3.63) is 23.8 Å². The van der Waals surface area contributed by atoms with Crippen molar-refractivity contribution in [1.29, 1.82) is 0 Å². The van der Waals surface area contributed by atoms with Crippen LogP contribution in [0, 0.1) is 11.8 Å². The van der Waals surface area contributed by atoms with Crippen molar-refractivity contribution in [2.75, 3.05) is 19.6 Å². The quantitative estimate of drug-likeness (QED) is 0.623. The summed E-state index contributed by atoms with van der Waals surface area (Å²) >= 11 is 5.45. The van der Waals surface area contributed by atoms with Gasteiger partial charge in [0.05, 0.1) is 31.6 Å². The zero-order chi connectivity index (χ0) is 14.3. The molecule has 0 aromatic heterocycles. The molecule has 19 heavy (non-hydrogen) atoms. The van der Waals surface area contributed by atoms with E-state index < -0.39 is 19.2 Å². The molecule has 0 N–H and O–H groups in total. The molecule has 2 nitrogen and oxygen atoms in total. The second-order valence-electron chi connectivity index (χ2n) is 3.51. The standard InChI is InChI=1S/C13H12ClF3O2/c1-18-11-4-5-12(10(9-11)3-2-7-14)19-8-6-13(15,16)17/h4-5,9H,6-8H2,1H3. The van der Waals surface area contributed by atoms with E-state index in [1.54, 1.807) is 12.1 Å². The van der Waals surface area contributed by atoms with E-state index in [-0.39, 0.29) is 11.6 Å². The monoisotopic (exact) mass is 292 g/mol. The Bertz CT molecular complexity index is 475. The Hall–Kier alpha value is -1.54. The van der Waals surface area contributed by atoms with Gasteiger partial charge in [-0.15, -0.1) is 11.6 Å². The van der Waals surface area contributed by atoms with Gasteiger partial charge in [0.25, 0.3) is 0 Å². The lowest BCUT2D eigenvalue weighted by molar-refractivity contribution is -0.139. The number of methoxy groups -OCH3 is 1. The van der Waals surface area contributed by atoms with Gasteiger partial charge < -0.3 is 9.47 Å². The number of alkyl halides is 4. The fourth-order valence-corrected chi connectivity index (χ4v) is 1.33. The molecule has 0 unspecified atom stereocenters. The molecule has 0 saturated heterocycles. The van der Waals surface area contributed by atoms with Gasteiger partial charge in [-0.2, -0.15) is 13.2 Å². The molecule has 6 heteroatoms. The van der Waals surface area contributed by atoms with E-state index >= 15 is 0 Å². The number of hydrogen-bond donors (Lipinski definition) is 0. The predicted octanol–water partition coefficient (Wildman–Crippen LogP) is 3.62. The number of ether oxygens (including phenoxy) is 2. The van der Waals surface area contributed by atoms with Crippen LogP contribution in [0.1, 0.15) is 12.0 Å². The molecule has 0 spiro atoms. The van der Waals surface area contributed by atoms with Gasteiger partial charge in [-0.25, -0.2) is 0 Å². The molecule has 1 rings (SSSR count). The van der Waals surface area contributed by atoms with Crippen molar-refractivity contribution in [2.24, 2.45) is 0 Å². The molecule has 0 amide bonds. The fourth-order valence-electron chi connectivity index (χ4n) is 1.26. The molecule has 0 aliphatic rings. The Balaban J connectivity index is 2.81. The van der Waals surface area contributed by atoms with Gasteiger partial charge >= 0.3 is 6.18 Å². The maximum atomic E-state index is 12.0. The molecular weight excluding hydrogens is 281 g/mol. The first-order valence-electron chi connectivity index (χ1n) is 5.38. The molecule has 0 aliphatic heterocycles.